The molecule has 122 valence electrons. The molecule has 3 rings (SSSR count). The molecule has 1 unspecified atom stereocenters. The SMILES string of the molecule is COC(CN1CCN(c2cccc(F)n2)CC1)c1ccccc1. The van der Waals surface area contributed by atoms with Crippen LogP contribution in [-0.2, 0) is 4.74 Å². The van der Waals surface area contributed by atoms with Crippen molar-refractivity contribution in [3.05, 3.63) is 60.0 Å². The lowest BCUT2D eigenvalue weighted by Gasteiger charge is -2.36. The number of ether oxygens (including phenoxy) is 1. The molecule has 1 aliphatic rings. The van der Waals surface area contributed by atoms with E-state index < -0.39 is 5.95 Å². The van der Waals surface area contributed by atoms with Crippen LogP contribution in [-0.4, -0.2) is 49.7 Å². The van der Waals surface area contributed by atoms with E-state index in [1.54, 1.807) is 13.2 Å². The first kappa shape index (κ1) is 15.9. The maximum atomic E-state index is 13.2. The molecule has 0 radical (unpaired) electrons. The van der Waals surface area contributed by atoms with Gasteiger partial charge in [-0.25, -0.2) is 4.98 Å². The van der Waals surface area contributed by atoms with E-state index in [1.165, 1.54) is 11.6 Å². The second kappa shape index (κ2) is 7.53. The number of hydrogen-bond acceptors (Lipinski definition) is 4. The summed E-state index contributed by atoms with van der Waals surface area (Å²) < 4.78 is 18.9. The molecule has 1 saturated heterocycles. The molecule has 0 aliphatic carbocycles. The molecule has 2 heterocycles. The average Bonchev–Trinajstić information content (AvgIpc) is 2.61. The lowest BCUT2D eigenvalue weighted by Crippen LogP contribution is -2.48. The van der Waals surface area contributed by atoms with Gasteiger partial charge in [0.25, 0.3) is 0 Å². The number of aromatic nitrogens is 1. The monoisotopic (exact) mass is 315 g/mol. The highest BCUT2D eigenvalue weighted by Gasteiger charge is 2.21. The molecule has 1 aromatic heterocycles. The largest absolute Gasteiger partial charge is 0.375 e. The number of anilines is 1. The average molecular weight is 315 g/mol. The molecule has 0 bridgehead atoms. The summed E-state index contributed by atoms with van der Waals surface area (Å²) in [4.78, 5) is 8.48. The third kappa shape index (κ3) is 4.06. The van der Waals surface area contributed by atoms with Gasteiger partial charge in [0.05, 0.1) is 6.10 Å². The Bertz CT molecular complexity index is 615. The second-order valence-corrected chi connectivity index (χ2v) is 5.74. The quantitative estimate of drug-likeness (QED) is 0.793. The van der Waals surface area contributed by atoms with Gasteiger partial charge in [-0.05, 0) is 17.7 Å². The minimum Gasteiger partial charge on any atom is -0.375 e. The zero-order valence-corrected chi connectivity index (χ0v) is 13.4. The number of nitrogens with zero attached hydrogens (tertiary/aromatic N) is 3. The molecule has 1 atom stereocenters. The van der Waals surface area contributed by atoms with Crippen LogP contribution in [0.1, 0.15) is 11.7 Å². The third-order valence-corrected chi connectivity index (χ3v) is 4.28. The Morgan fingerprint density at radius 2 is 1.78 bits per heavy atom. The Balaban J connectivity index is 1.56. The normalized spacial score (nSPS) is 17.2. The smallest absolute Gasteiger partial charge is 0.214 e. The molecule has 1 aliphatic heterocycles. The van der Waals surface area contributed by atoms with Crippen LogP contribution in [0.25, 0.3) is 0 Å². The fraction of sp³-hybridized carbons (Fsp3) is 0.389. The van der Waals surface area contributed by atoms with E-state index in [1.807, 2.05) is 24.3 Å². The minimum absolute atomic E-state index is 0.0787. The van der Waals surface area contributed by atoms with Gasteiger partial charge in [0.1, 0.15) is 5.82 Å². The summed E-state index contributed by atoms with van der Waals surface area (Å²) >= 11 is 0. The van der Waals surface area contributed by atoms with Crippen molar-refractivity contribution in [1.82, 2.24) is 9.88 Å². The van der Waals surface area contributed by atoms with Crippen LogP contribution in [0.2, 0.25) is 0 Å². The molecule has 1 aromatic carbocycles. The molecule has 4 nitrogen and oxygen atoms in total. The highest BCUT2D eigenvalue weighted by Crippen LogP contribution is 2.20. The highest BCUT2D eigenvalue weighted by atomic mass is 19.1. The molecule has 0 saturated carbocycles. The van der Waals surface area contributed by atoms with E-state index in [0.29, 0.717) is 0 Å². The fourth-order valence-corrected chi connectivity index (χ4v) is 2.95. The summed E-state index contributed by atoms with van der Waals surface area (Å²) in [5, 5.41) is 0. The molecule has 1 fully saturated rings. The highest BCUT2D eigenvalue weighted by molar-refractivity contribution is 5.38. The molecular formula is C18H22FN3O. The van der Waals surface area contributed by atoms with Crippen molar-refractivity contribution in [2.45, 2.75) is 6.10 Å². The molecule has 0 N–H and O–H groups in total. The van der Waals surface area contributed by atoms with Crippen molar-refractivity contribution in [3.63, 3.8) is 0 Å². The Morgan fingerprint density at radius 3 is 2.43 bits per heavy atom. The van der Waals surface area contributed by atoms with Crippen molar-refractivity contribution < 1.29 is 9.13 Å². The summed E-state index contributed by atoms with van der Waals surface area (Å²) in [7, 11) is 1.75. The van der Waals surface area contributed by atoms with Crippen LogP contribution in [0.4, 0.5) is 10.2 Å². The van der Waals surface area contributed by atoms with Crippen LogP contribution >= 0.6 is 0 Å². The Morgan fingerprint density at radius 1 is 1.04 bits per heavy atom. The van der Waals surface area contributed by atoms with Gasteiger partial charge in [-0.2, -0.15) is 4.39 Å². The van der Waals surface area contributed by atoms with Crippen molar-refractivity contribution in [1.29, 1.82) is 0 Å². The summed E-state index contributed by atoms with van der Waals surface area (Å²) in [6.07, 6.45) is 0.0787. The summed E-state index contributed by atoms with van der Waals surface area (Å²) in [6, 6.07) is 15.2. The van der Waals surface area contributed by atoms with Gasteiger partial charge in [-0.15, -0.1) is 0 Å². The number of benzene rings is 1. The maximum absolute atomic E-state index is 13.2. The van der Waals surface area contributed by atoms with Crippen LogP contribution in [0.3, 0.4) is 0 Å². The Hall–Kier alpha value is -1.98. The van der Waals surface area contributed by atoms with E-state index >= 15 is 0 Å². The predicted molar refractivity (Wildman–Crippen MR) is 89.0 cm³/mol. The molecule has 2 aromatic rings. The van der Waals surface area contributed by atoms with E-state index in [9.17, 15) is 4.39 Å². The first-order valence-electron chi connectivity index (χ1n) is 7.94. The second-order valence-electron chi connectivity index (χ2n) is 5.74. The Kier molecular flexibility index (Phi) is 5.20. The lowest BCUT2D eigenvalue weighted by atomic mass is 10.1. The number of hydrogen-bond donors (Lipinski definition) is 0. The van der Waals surface area contributed by atoms with Gasteiger partial charge in [-0.3, -0.25) is 4.90 Å². The van der Waals surface area contributed by atoms with Gasteiger partial charge < -0.3 is 9.64 Å². The molecule has 23 heavy (non-hydrogen) atoms. The summed E-state index contributed by atoms with van der Waals surface area (Å²) in [6.45, 7) is 4.41. The first-order valence-corrected chi connectivity index (χ1v) is 7.94. The van der Waals surface area contributed by atoms with Gasteiger partial charge in [-0.1, -0.05) is 36.4 Å². The van der Waals surface area contributed by atoms with Gasteiger partial charge in [0.2, 0.25) is 5.95 Å². The zero-order chi connectivity index (χ0) is 16.1. The van der Waals surface area contributed by atoms with Crippen LogP contribution in [0.15, 0.2) is 48.5 Å². The number of methoxy groups -OCH3 is 1. The van der Waals surface area contributed by atoms with Crippen LogP contribution < -0.4 is 4.90 Å². The molecule has 5 heteroatoms. The number of halogens is 1. The summed E-state index contributed by atoms with van der Waals surface area (Å²) in [5.41, 5.74) is 1.20. The summed E-state index contributed by atoms with van der Waals surface area (Å²) in [5.74, 6) is 0.296. The van der Waals surface area contributed by atoms with Crippen LogP contribution in [0.5, 0.6) is 0 Å². The van der Waals surface area contributed by atoms with Gasteiger partial charge in [0.15, 0.2) is 0 Å². The molecule has 0 spiro atoms. The molecular weight excluding hydrogens is 293 g/mol. The Labute approximate surface area is 136 Å². The zero-order valence-electron chi connectivity index (χ0n) is 13.4. The minimum atomic E-state index is -0.423. The van der Waals surface area contributed by atoms with Gasteiger partial charge >= 0.3 is 0 Å². The number of rotatable bonds is 5. The van der Waals surface area contributed by atoms with E-state index in [4.69, 9.17) is 4.74 Å². The first-order chi connectivity index (χ1) is 11.3. The lowest BCUT2D eigenvalue weighted by molar-refractivity contribution is 0.0615. The molecule has 0 amide bonds. The van der Waals surface area contributed by atoms with Crippen LogP contribution in [0, 0.1) is 5.95 Å². The van der Waals surface area contributed by atoms with Crippen molar-refractivity contribution in [3.8, 4) is 0 Å². The van der Waals surface area contributed by atoms with E-state index in [-0.39, 0.29) is 6.10 Å². The topological polar surface area (TPSA) is 28.6 Å². The van der Waals surface area contributed by atoms with Crippen molar-refractivity contribution >= 4 is 5.82 Å². The standard InChI is InChI=1S/C18H22FN3O/c1-23-16(15-6-3-2-4-7-15)14-21-10-12-22(13-11-21)18-9-5-8-17(19)20-18/h2-9,16H,10-14H2,1H3. The van der Waals surface area contributed by atoms with E-state index in [0.717, 1.165) is 38.5 Å². The maximum Gasteiger partial charge on any atom is 0.214 e. The van der Waals surface area contributed by atoms with E-state index in [2.05, 4.69) is 26.9 Å². The predicted octanol–water partition coefficient (Wildman–Crippen LogP) is 2.73. The van der Waals surface area contributed by atoms with Crippen molar-refractivity contribution in [2.24, 2.45) is 0 Å². The number of piperazine rings is 1. The number of pyridine rings is 1. The van der Waals surface area contributed by atoms with Gasteiger partial charge in [0, 0.05) is 39.8 Å². The third-order valence-electron chi connectivity index (χ3n) is 4.28. The van der Waals surface area contributed by atoms with Crippen molar-refractivity contribution in [2.75, 3.05) is 44.7 Å². The fourth-order valence-electron chi connectivity index (χ4n) is 2.95.